The van der Waals surface area contributed by atoms with Crippen molar-refractivity contribution in [2.45, 2.75) is 45.1 Å². The summed E-state index contributed by atoms with van der Waals surface area (Å²) in [7, 11) is 0. The van der Waals surface area contributed by atoms with E-state index in [9.17, 15) is 4.39 Å². The molecule has 0 heterocycles. The zero-order chi connectivity index (χ0) is 11.8. The maximum atomic E-state index is 13.2. The molecule has 0 bridgehead atoms. The van der Waals surface area contributed by atoms with Gasteiger partial charge in [-0.25, -0.2) is 4.39 Å². The van der Waals surface area contributed by atoms with Crippen LogP contribution in [-0.4, -0.2) is 0 Å². The topological polar surface area (TPSA) is 26.0 Å². The van der Waals surface area contributed by atoms with Crippen molar-refractivity contribution in [3.63, 3.8) is 0 Å². The zero-order valence-electron chi connectivity index (χ0n) is 10.1. The summed E-state index contributed by atoms with van der Waals surface area (Å²) >= 11 is 0. The van der Waals surface area contributed by atoms with Gasteiger partial charge in [0.1, 0.15) is 5.82 Å². The Morgan fingerprint density at radius 2 is 2.19 bits per heavy atom. The van der Waals surface area contributed by atoms with Crippen molar-refractivity contribution >= 4 is 0 Å². The van der Waals surface area contributed by atoms with E-state index in [4.69, 9.17) is 5.73 Å². The molecule has 1 nitrogen and oxygen atoms in total. The molecule has 1 aromatic carbocycles. The van der Waals surface area contributed by atoms with Gasteiger partial charge in [-0.2, -0.15) is 0 Å². The van der Waals surface area contributed by atoms with Crippen molar-refractivity contribution in [2.24, 2.45) is 11.7 Å². The van der Waals surface area contributed by atoms with Gasteiger partial charge in [0, 0.05) is 5.54 Å². The second-order valence-corrected chi connectivity index (χ2v) is 5.32. The third-order valence-corrected chi connectivity index (χ3v) is 3.77. The van der Waals surface area contributed by atoms with Crippen molar-refractivity contribution in [3.05, 3.63) is 35.1 Å². The summed E-state index contributed by atoms with van der Waals surface area (Å²) in [6.07, 6.45) is 4.47. The summed E-state index contributed by atoms with van der Waals surface area (Å²) in [5, 5.41) is 0. The molecular formula is C14H20FN. The molecule has 1 fully saturated rings. The molecule has 0 amide bonds. The van der Waals surface area contributed by atoms with Crippen LogP contribution in [0.2, 0.25) is 0 Å². The van der Waals surface area contributed by atoms with E-state index in [0.717, 1.165) is 18.4 Å². The van der Waals surface area contributed by atoms with E-state index < -0.39 is 0 Å². The van der Waals surface area contributed by atoms with Gasteiger partial charge in [0.25, 0.3) is 0 Å². The van der Waals surface area contributed by atoms with Gasteiger partial charge in [-0.05, 0) is 42.9 Å². The number of hydrogen-bond acceptors (Lipinski definition) is 1. The highest BCUT2D eigenvalue weighted by Gasteiger charge is 2.32. The summed E-state index contributed by atoms with van der Waals surface area (Å²) < 4.78 is 13.2. The standard InChI is InChI=1S/C14H20FN/c1-10-4-3-7-14(16,9-10)12-5-6-13(15)11(2)8-12/h5-6,8,10H,3-4,7,9,16H2,1-2H3. The van der Waals surface area contributed by atoms with Crippen molar-refractivity contribution < 1.29 is 4.39 Å². The molecular weight excluding hydrogens is 201 g/mol. The van der Waals surface area contributed by atoms with E-state index in [-0.39, 0.29) is 11.4 Å². The maximum Gasteiger partial charge on any atom is 0.126 e. The molecule has 0 radical (unpaired) electrons. The lowest BCUT2D eigenvalue weighted by atomic mass is 9.73. The molecule has 1 aromatic rings. The van der Waals surface area contributed by atoms with Crippen LogP contribution in [0.3, 0.4) is 0 Å². The molecule has 2 N–H and O–H groups in total. The predicted octanol–water partition coefficient (Wildman–Crippen LogP) is 3.50. The number of halogens is 1. The van der Waals surface area contributed by atoms with Crippen molar-refractivity contribution in [2.75, 3.05) is 0 Å². The van der Waals surface area contributed by atoms with Crippen LogP contribution in [0, 0.1) is 18.7 Å². The number of aryl methyl sites for hydroxylation is 1. The highest BCUT2D eigenvalue weighted by molar-refractivity contribution is 5.30. The molecule has 2 rings (SSSR count). The summed E-state index contributed by atoms with van der Waals surface area (Å²) in [5.74, 6) is 0.528. The Labute approximate surface area is 96.9 Å². The Balaban J connectivity index is 2.31. The van der Waals surface area contributed by atoms with Crippen LogP contribution in [0.4, 0.5) is 4.39 Å². The van der Waals surface area contributed by atoms with Crippen LogP contribution in [0.15, 0.2) is 18.2 Å². The van der Waals surface area contributed by atoms with Crippen LogP contribution in [0.1, 0.15) is 43.7 Å². The van der Waals surface area contributed by atoms with E-state index >= 15 is 0 Å². The van der Waals surface area contributed by atoms with Crippen LogP contribution >= 0.6 is 0 Å². The average molecular weight is 221 g/mol. The first-order chi connectivity index (χ1) is 7.51. The number of benzene rings is 1. The highest BCUT2D eigenvalue weighted by atomic mass is 19.1. The van der Waals surface area contributed by atoms with Gasteiger partial charge in [0.2, 0.25) is 0 Å². The second-order valence-electron chi connectivity index (χ2n) is 5.32. The summed E-state index contributed by atoms with van der Waals surface area (Å²) in [6, 6.07) is 5.30. The number of rotatable bonds is 1. The fraction of sp³-hybridized carbons (Fsp3) is 0.571. The Hall–Kier alpha value is -0.890. The van der Waals surface area contributed by atoms with E-state index in [2.05, 4.69) is 6.92 Å². The first-order valence-electron chi connectivity index (χ1n) is 6.07. The third-order valence-electron chi connectivity index (χ3n) is 3.77. The Morgan fingerprint density at radius 1 is 1.44 bits per heavy atom. The molecule has 16 heavy (non-hydrogen) atoms. The zero-order valence-corrected chi connectivity index (χ0v) is 10.1. The van der Waals surface area contributed by atoms with E-state index in [1.807, 2.05) is 12.1 Å². The fourth-order valence-corrected chi connectivity index (χ4v) is 2.81. The number of nitrogens with two attached hydrogens (primary N) is 1. The van der Waals surface area contributed by atoms with E-state index in [1.165, 1.54) is 12.8 Å². The SMILES string of the molecule is Cc1cc(C2(N)CCCC(C)C2)ccc1F. The van der Waals surface area contributed by atoms with E-state index in [1.54, 1.807) is 13.0 Å². The van der Waals surface area contributed by atoms with Crippen molar-refractivity contribution in [1.82, 2.24) is 0 Å². The molecule has 0 spiro atoms. The lowest BCUT2D eigenvalue weighted by Crippen LogP contribution is -2.41. The predicted molar refractivity (Wildman–Crippen MR) is 64.6 cm³/mol. The Bertz CT molecular complexity index is 388. The molecule has 0 aliphatic heterocycles. The summed E-state index contributed by atoms with van der Waals surface area (Å²) in [5.41, 5.74) is 8.02. The first kappa shape index (κ1) is 11.6. The summed E-state index contributed by atoms with van der Waals surface area (Å²) in [4.78, 5) is 0. The lowest BCUT2D eigenvalue weighted by molar-refractivity contribution is 0.239. The van der Waals surface area contributed by atoms with Gasteiger partial charge in [0.05, 0.1) is 0 Å². The Morgan fingerprint density at radius 3 is 2.81 bits per heavy atom. The summed E-state index contributed by atoms with van der Waals surface area (Å²) in [6.45, 7) is 4.05. The smallest absolute Gasteiger partial charge is 0.126 e. The third kappa shape index (κ3) is 2.12. The minimum atomic E-state index is -0.240. The largest absolute Gasteiger partial charge is 0.321 e. The fourth-order valence-electron chi connectivity index (χ4n) is 2.81. The van der Waals surface area contributed by atoms with Gasteiger partial charge < -0.3 is 5.73 Å². The molecule has 2 atom stereocenters. The van der Waals surface area contributed by atoms with Crippen molar-refractivity contribution in [1.29, 1.82) is 0 Å². The molecule has 0 saturated heterocycles. The maximum absolute atomic E-state index is 13.2. The van der Waals surface area contributed by atoms with Gasteiger partial charge >= 0.3 is 0 Å². The lowest BCUT2D eigenvalue weighted by Gasteiger charge is -2.37. The average Bonchev–Trinajstić information content (AvgIpc) is 2.21. The molecule has 2 unspecified atom stereocenters. The molecule has 0 aromatic heterocycles. The molecule has 1 saturated carbocycles. The van der Waals surface area contributed by atoms with Crippen molar-refractivity contribution in [3.8, 4) is 0 Å². The van der Waals surface area contributed by atoms with Crippen LogP contribution < -0.4 is 5.73 Å². The van der Waals surface area contributed by atoms with Crippen LogP contribution in [-0.2, 0) is 5.54 Å². The number of hydrogen-bond donors (Lipinski definition) is 1. The normalized spacial score (nSPS) is 30.4. The molecule has 88 valence electrons. The monoisotopic (exact) mass is 221 g/mol. The first-order valence-corrected chi connectivity index (χ1v) is 6.07. The second kappa shape index (κ2) is 4.17. The molecule has 1 aliphatic rings. The molecule has 1 aliphatic carbocycles. The quantitative estimate of drug-likeness (QED) is 0.771. The Kier molecular flexibility index (Phi) is 3.02. The van der Waals surface area contributed by atoms with Crippen LogP contribution in [0.25, 0.3) is 0 Å². The van der Waals surface area contributed by atoms with E-state index in [0.29, 0.717) is 11.5 Å². The highest BCUT2D eigenvalue weighted by Crippen LogP contribution is 2.38. The minimum Gasteiger partial charge on any atom is -0.321 e. The van der Waals surface area contributed by atoms with Gasteiger partial charge in [-0.3, -0.25) is 0 Å². The van der Waals surface area contributed by atoms with Crippen LogP contribution in [0.5, 0.6) is 0 Å². The minimum absolute atomic E-state index is 0.142. The molecule has 2 heteroatoms. The van der Waals surface area contributed by atoms with Gasteiger partial charge in [-0.1, -0.05) is 31.9 Å². The van der Waals surface area contributed by atoms with Gasteiger partial charge in [0.15, 0.2) is 0 Å². The van der Waals surface area contributed by atoms with Gasteiger partial charge in [-0.15, -0.1) is 0 Å².